The van der Waals surface area contributed by atoms with Gasteiger partial charge < -0.3 is 4.74 Å². The highest BCUT2D eigenvalue weighted by Crippen LogP contribution is 2.31. The van der Waals surface area contributed by atoms with Crippen LogP contribution in [0.15, 0.2) is 65.5 Å². The zero-order valence-corrected chi connectivity index (χ0v) is 14.1. The van der Waals surface area contributed by atoms with E-state index in [1.165, 1.54) is 23.5 Å². The average Bonchev–Trinajstić information content (AvgIpc) is 3.04. The predicted molar refractivity (Wildman–Crippen MR) is 98.9 cm³/mol. The van der Waals surface area contributed by atoms with Crippen molar-refractivity contribution in [3.63, 3.8) is 0 Å². The lowest BCUT2D eigenvalue weighted by Crippen LogP contribution is -2.17. The molecular formula is C18H12N4O3S. The van der Waals surface area contributed by atoms with Gasteiger partial charge in [-0.2, -0.15) is 5.10 Å². The fraction of sp³-hybridized carbons (Fsp3) is 0. The molecule has 0 saturated heterocycles. The number of thiazole rings is 1. The number of ether oxygens (including phenoxy) is 1. The van der Waals surface area contributed by atoms with Gasteiger partial charge in [-0.15, -0.1) is 0 Å². The lowest BCUT2D eigenvalue weighted by molar-refractivity contribution is 0.102. The molecule has 0 unspecified atom stereocenters. The van der Waals surface area contributed by atoms with Gasteiger partial charge in [0.15, 0.2) is 5.13 Å². The summed E-state index contributed by atoms with van der Waals surface area (Å²) in [6.45, 7) is 0. The van der Waals surface area contributed by atoms with Gasteiger partial charge in [0.05, 0.1) is 10.2 Å². The van der Waals surface area contributed by atoms with Crippen LogP contribution in [0.1, 0.15) is 10.5 Å². The lowest BCUT2D eigenvalue weighted by atomic mass is 10.3. The maximum absolute atomic E-state index is 12.2. The molecule has 0 bridgehead atoms. The van der Waals surface area contributed by atoms with Crippen LogP contribution in [0, 0.1) is 0 Å². The Balaban J connectivity index is 1.54. The number of aromatic nitrogens is 3. The summed E-state index contributed by atoms with van der Waals surface area (Å²) < 4.78 is 6.68. The quantitative estimate of drug-likeness (QED) is 0.578. The Bertz CT molecular complexity index is 1120. The molecule has 0 saturated carbocycles. The first-order valence-corrected chi connectivity index (χ1v) is 8.50. The number of rotatable bonds is 4. The molecule has 8 heteroatoms. The third-order valence-electron chi connectivity index (χ3n) is 3.47. The molecule has 0 aliphatic carbocycles. The number of hydrogen-bond donors (Lipinski definition) is 2. The molecule has 2 aromatic heterocycles. The third kappa shape index (κ3) is 3.45. The number of amides is 1. The second kappa shape index (κ2) is 6.77. The van der Waals surface area contributed by atoms with Crippen molar-refractivity contribution in [1.29, 1.82) is 0 Å². The number of carbonyl (C=O) groups is 1. The third-order valence-corrected chi connectivity index (χ3v) is 4.40. The van der Waals surface area contributed by atoms with Crippen LogP contribution >= 0.6 is 11.3 Å². The number of aromatic amines is 1. The molecule has 0 aliphatic heterocycles. The van der Waals surface area contributed by atoms with Crippen LogP contribution in [-0.2, 0) is 0 Å². The van der Waals surface area contributed by atoms with E-state index in [1.807, 2.05) is 48.5 Å². The van der Waals surface area contributed by atoms with Crippen molar-refractivity contribution in [2.75, 3.05) is 5.32 Å². The molecule has 2 heterocycles. The van der Waals surface area contributed by atoms with Crippen LogP contribution in [0.3, 0.4) is 0 Å². The van der Waals surface area contributed by atoms with Gasteiger partial charge in [-0.05, 0) is 30.3 Å². The zero-order valence-electron chi connectivity index (χ0n) is 13.3. The number of nitrogens with zero attached hydrogens (tertiary/aromatic N) is 2. The molecule has 26 heavy (non-hydrogen) atoms. The molecule has 0 atom stereocenters. The molecule has 4 rings (SSSR count). The van der Waals surface area contributed by atoms with Gasteiger partial charge in [0, 0.05) is 12.1 Å². The van der Waals surface area contributed by atoms with E-state index in [-0.39, 0.29) is 11.3 Å². The monoisotopic (exact) mass is 364 g/mol. The number of nitrogens with one attached hydrogen (secondary N) is 2. The number of hydrogen-bond acceptors (Lipinski definition) is 6. The molecule has 0 fully saturated rings. The Labute approximate surface area is 151 Å². The summed E-state index contributed by atoms with van der Waals surface area (Å²) in [6, 6.07) is 17.6. The summed E-state index contributed by atoms with van der Waals surface area (Å²) >= 11 is 1.33. The first kappa shape index (κ1) is 16.0. The zero-order chi connectivity index (χ0) is 17.9. The van der Waals surface area contributed by atoms with Crippen LogP contribution < -0.4 is 15.6 Å². The van der Waals surface area contributed by atoms with Gasteiger partial charge in [-0.3, -0.25) is 14.9 Å². The molecule has 4 aromatic rings. The first-order chi connectivity index (χ1) is 12.7. The Morgan fingerprint density at radius 2 is 1.88 bits per heavy atom. The Morgan fingerprint density at radius 1 is 1.04 bits per heavy atom. The Kier molecular flexibility index (Phi) is 4.16. The molecule has 128 valence electrons. The summed E-state index contributed by atoms with van der Waals surface area (Å²) in [7, 11) is 0. The normalized spacial score (nSPS) is 10.6. The van der Waals surface area contributed by atoms with Crippen LogP contribution in [0.5, 0.6) is 11.5 Å². The number of para-hydroxylation sites is 1. The van der Waals surface area contributed by atoms with Crippen LogP contribution in [0.2, 0.25) is 0 Å². The highest BCUT2D eigenvalue weighted by atomic mass is 32.1. The van der Waals surface area contributed by atoms with Gasteiger partial charge in [0.1, 0.15) is 17.2 Å². The van der Waals surface area contributed by atoms with Crippen molar-refractivity contribution in [3.8, 4) is 11.5 Å². The van der Waals surface area contributed by atoms with Crippen LogP contribution in [-0.4, -0.2) is 21.1 Å². The smallest absolute Gasteiger partial charge is 0.277 e. The topological polar surface area (TPSA) is 97.0 Å². The minimum Gasteiger partial charge on any atom is -0.457 e. The minimum absolute atomic E-state index is 0.108. The number of carbonyl (C=O) groups excluding carboxylic acids is 1. The molecule has 2 N–H and O–H groups in total. The van der Waals surface area contributed by atoms with Crippen molar-refractivity contribution >= 4 is 32.6 Å². The maximum Gasteiger partial charge on any atom is 0.277 e. The van der Waals surface area contributed by atoms with Crippen molar-refractivity contribution in [3.05, 3.63) is 76.7 Å². The summed E-state index contributed by atoms with van der Waals surface area (Å²) in [4.78, 5) is 27.5. The molecule has 2 aromatic carbocycles. The van der Waals surface area contributed by atoms with E-state index in [4.69, 9.17) is 4.74 Å². The van der Waals surface area contributed by atoms with Crippen molar-refractivity contribution < 1.29 is 9.53 Å². The van der Waals surface area contributed by atoms with Crippen LogP contribution in [0.25, 0.3) is 10.2 Å². The molecule has 0 spiro atoms. The van der Waals surface area contributed by atoms with E-state index >= 15 is 0 Å². The van der Waals surface area contributed by atoms with E-state index < -0.39 is 5.91 Å². The predicted octanol–water partition coefficient (Wildman–Crippen LogP) is 3.42. The van der Waals surface area contributed by atoms with Gasteiger partial charge in [-0.1, -0.05) is 29.5 Å². The fourth-order valence-electron chi connectivity index (χ4n) is 2.28. The first-order valence-electron chi connectivity index (χ1n) is 7.68. The van der Waals surface area contributed by atoms with Gasteiger partial charge in [-0.25, -0.2) is 10.1 Å². The second-order valence-electron chi connectivity index (χ2n) is 5.32. The van der Waals surface area contributed by atoms with Gasteiger partial charge in [0.2, 0.25) is 0 Å². The van der Waals surface area contributed by atoms with E-state index in [0.29, 0.717) is 10.9 Å². The summed E-state index contributed by atoms with van der Waals surface area (Å²) in [6.07, 6.45) is 0. The largest absolute Gasteiger partial charge is 0.457 e. The molecule has 0 radical (unpaired) electrons. The van der Waals surface area contributed by atoms with Crippen molar-refractivity contribution in [1.82, 2.24) is 15.2 Å². The minimum atomic E-state index is -0.443. The molecule has 7 nitrogen and oxygen atoms in total. The molecule has 0 aliphatic rings. The summed E-state index contributed by atoms with van der Waals surface area (Å²) in [5, 5.41) is 9.04. The SMILES string of the molecule is O=C(Nc1nc2ccc(Oc3ccccc3)cc2s1)c1ccc(=O)[nH]n1. The Hall–Kier alpha value is -3.52. The highest BCUT2D eigenvalue weighted by Gasteiger charge is 2.12. The summed E-state index contributed by atoms with van der Waals surface area (Å²) in [5.41, 5.74) is 0.490. The summed E-state index contributed by atoms with van der Waals surface area (Å²) in [5.74, 6) is 0.989. The number of H-pyrrole nitrogens is 1. The van der Waals surface area contributed by atoms with E-state index in [0.717, 1.165) is 16.0 Å². The number of benzene rings is 2. The van der Waals surface area contributed by atoms with E-state index in [1.54, 1.807) is 0 Å². The highest BCUT2D eigenvalue weighted by molar-refractivity contribution is 7.22. The molecular weight excluding hydrogens is 352 g/mol. The van der Waals surface area contributed by atoms with Crippen LogP contribution in [0.4, 0.5) is 5.13 Å². The van der Waals surface area contributed by atoms with E-state index in [2.05, 4.69) is 20.5 Å². The second-order valence-corrected chi connectivity index (χ2v) is 6.35. The average molecular weight is 364 g/mol. The maximum atomic E-state index is 12.2. The lowest BCUT2D eigenvalue weighted by Gasteiger charge is -2.04. The van der Waals surface area contributed by atoms with Crippen molar-refractivity contribution in [2.24, 2.45) is 0 Å². The van der Waals surface area contributed by atoms with Gasteiger partial charge >= 0.3 is 0 Å². The van der Waals surface area contributed by atoms with Crippen molar-refractivity contribution in [2.45, 2.75) is 0 Å². The van der Waals surface area contributed by atoms with E-state index in [9.17, 15) is 9.59 Å². The number of fused-ring (bicyclic) bond motifs is 1. The standard InChI is InChI=1S/C18H12N4O3S/c23-16-9-8-14(21-22-16)17(24)20-18-19-13-7-6-12(10-15(13)26-18)25-11-4-2-1-3-5-11/h1-10H,(H,22,23)(H,19,20,24). The van der Waals surface area contributed by atoms with Gasteiger partial charge in [0.25, 0.3) is 11.5 Å². The molecule has 1 amide bonds. The Morgan fingerprint density at radius 3 is 2.65 bits per heavy atom. The number of anilines is 1. The fourth-order valence-corrected chi connectivity index (χ4v) is 3.17.